The van der Waals surface area contributed by atoms with Crippen LogP contribution in [0.4, 0.5) is 17.1 Å². The number of nitrogens with zero attached hydrogens (tertiary/aromatic N) is 1. The topological polar surface area (TPSA) is 3.24 Å². The molecular weight excluding hydrogens is 530 g/mol. The van der Waals surface area contributed by atoms with Crippen molar-refractivity contribution in [1.29, 1.82) is 0 Å². The van der Waals surface area contributed by atoms with Gasteiger partial charge in [0, 0.05) is 28.9 Å². The molecule has 0 heterocycles. The van der Waals surface area contributed by atoms with Gasteiger partial charge in [-0.3, -0.25) is 0 Å². The van der Waals surface area contributed by atoms with E-state index >= 15 is 0 Å². The van der Waals surface area contributed by atoms with Crippen LogP contribution in [0.2, 0.25) is 0 Å². The van der Waals surface area contributed by atoms with E-state index in [0.717, 1.165) is 17.1 Å². The summed E-state index contributed by atoms with van der Waals surface area (Å²) in [4.78, 5) is 2.35. The number of hydrogen-bond acceptors (Lipinski definition) is 1. The van der Waals surface area contributed by atoms with Crippen LogP contribution in [0.5, 0.6) is 0 Å². The van der Waals surface area contributed by atoms with Crippen molar-refractivity contribution in [1.82, 2.24) is 0 Å². The van der Waals surface area contributed by atoms with Crippen molar-refractivity contribution in [3.63, 3.8) is 0 Å². The minimum atomic E-state index is -0.281. The fourth-order valence-corrected chi connectivity index (χ4v) is 7.54. The molecule has 0 saturated carbocycles. The second-order valence-electron chi connectivity index (χ2n) is 11.7. The van der Waals surface area contributed by atoms with Gasteiger partial charge in [0.2, 0.25) is 0 Å². The molecule has 0 N–H and O–H groups in total. The van der Waals surface area contributed by atoms with Crippen molar-refractivity contribution < 1.29 is 0 Å². The number of para-hydroxylation sites is 1. The second kappa shape index (κ2) is 11.0. The summed E-state index contributed by atoms with van der Waals surface area (Å²) < 4.78 is 0. The van der Waals surface area contributed by atoms with Gasteiger partial charge in [0.1, 0.15) is 0 Å². The molecule has 2 aliphatic carbocycles. The molecule has 3 unspecified atom stereocenters. The van der Waals surface area contributed by atoms with Crippen molar-refractivity contribution in [2.24, 2.45) is 5.92 Å². The monoisotopic (exact) mass is 563 g/mol. The molecule has 0 spiro atoms. The Morgan fingerprint density at radius 1 is 0.409 bits per heavy atom. The molecule has 0 saturated heterocycles. The lowest BCUT2D eigenvalue weighted by atomic mass is 9.63. The molecule has 3 atom stereocenters. The Balaban J connectivity index is 1.26. The first-order chi connectivity index (χ1) is 21.8. The first-order valence-corrected chi connectivity index (χ1v) is 15.5. The first kappa shape index (κ1) is 26.2. The first-order valence-electron chi connectivity index (χ1n) is 15.5. The standard InChI is InChI=1S/C43H33N/c1-4-14-32(15-5-1)33-24-28-37(29-25-33)44(36-18-8-3-9-19-36)38-30-26-35(27-31-38)43(34-16-6-2-7-17-34)41-22-12-10-20-39(41)40-21-11-13-23-42(40)43/h1-31,39,41H. The van der Waals surface area contributed by atoms with Gasteiger partial charge in [-0.05, 0) is 69.8 Å². The van der Waals surface area contributed by atoms with Crippen molar-refractivity contribution in [2.45, 2.75) is 11.3 Å². The number of anilines is 3. The Labute approximate surface area is 260 Å². The molecule has 1 heteroatoms. The molecule has 2 aliphatic rings. The highest BCUT2D eigenvalue weighted by atomic mass is 15.1. The van der Waals surface area contributed by atoms with Crippen molar-refractivity contribution in [3.8, 4) is 11.1 Å². The molecule has 6 aromatic carbocycles. The third kappa shape index (κ3) is 4.24. The molecule has 0 bridgehead atoms. The minimum absolute atomic E-state index is 0.281. The van der Waals surface area contributed by atoms with Crippen LogP contribution in [-0.2, 0) is 5.41 Å². The number of allylic oxidation sites excluding steroid dienone is 4. The van der Waals surface area contributed by atoms with Gasteiger partial charge in [-0.15, -0.1) is 0 Å². The van der Waals surface area contributed by atoms with Gasteiger partial charge in [-0.25, -0.2) is 0 Å². The quantitative estimate of drug-likeness (QED) is 0.195. The lowest BCUT2D eigenvalue weighted by Crippen LogP contribution is -2.35. The molecule has 210 valence electrons. The predicted molar refractivity (Wildman–Crippen MR) is 184 cm³/mol. The average molecular weight is 564 g/mol. The van der Waals surface area contributed by atoms with Crippen LogP contribution in [0, 0.1) is 5.92 Å². The van der Waals surface area contributed by atoms with Crippen LogP contribution in [-0.4, -0.2) is 0 Å². The molecule has 0 amide bonds. The van der Waals surface area contributed by atoms with Crippen LogP contribution in [0.3, 0.4) is 0 Å². The molecular formula is C43H33N. The number of hydrogen-bond donors (Lipinski definition) is 0. The SMILES string of the molecule is C1=CC2c3ccccc3C(c3ccccc3)(c3ccc(N(c4ccccc4)c4ccc(-c5ccccc5)cc4)cc3)C2C=C1. The van der Waals surface area contributed by atoms with E-state index in [1.165, 1.54) is 33.4 Å². The van der Waals surface area contributed by atoms with Crippen molar-refractivity contribution in [2.75, 3.05) is 4.90 Å². The van der Waals surface area contributed by atoms with Gasteiger partial charge in [0.05, 0.1) is 5.41 Å². The normalized spacial score (nSPS) is 19.7. The minimum Gasteiger partial charge on any atom is -0.311 e. The Morgan fingerprint density at radius 2 is 0.909 bits per heavy atom. The summed E-state index contributed by atoms with van der Waals surface area (Å²) in [5, 5.41) is 0. The van der Waals surface area contributed by atoms with E-state index in [9.17, 15) is 0 Å². The zero-order valence-corrected chi connectivity index (χ0v) is 24.5. The molecule has 0 aliphatic heterocycles. The van der Waals surface area contributed by atoms with E-state index < -0.39 is 0 Å². The molecule has 1 nitrogen and oxygen atoms in total. The molecule has 44 heavy (non-hydrogen) atoms. The molecule has 0 aromatic heterocycles. The fourth-order valence-electron chi connectivity index (χ4n) is 7.54. The van der Waals surface area contributed by atoms with Gasteiger partial charge in [-0.2, -0.15) is 0 Å². The highest BCUT2D eigenvalue weighted by molar-refractivity contribution is 5.79. The van der Waals surface area contributed by atoms with Crippen molar-refractivity contribution in [3.05, 3.63) is 210 Å². The van der Waals surface area contributed by atoms with Gasteiger partial charge < -0.3 is 4.90 Å². The van der Waals surface area contributed by atoms with Gasteiger partial charge in [-0.1, -0.05) is 152 Å². The maximum absolute atomic E-state index is 2.43. The van der Waals surface area contributed by atoms with E-state index in [-0.39, 0.29) is 5.41 Å². The highest BCUT2D eigenvalue weighted by Gasteiger charge is 2.52. The lowest BCUT2D eigenvalue weighted by Gasteiger charge is -2.39. The predicted octanol–water partition coefficient (Wildman–Crippen LogP) is 11.0. The summed E-state index contributed by atoms with van der Waals surface area (Å²) in [6.45, 7) is 0. The second-order valence-corrected chi connectivity index (χ2v) is 11.7. The van der Waals surface area contributed by atoms with Crippen LogP contribution in [0.15, 0.2) is 188 Å². The van der Waals surface area contributed by atoms with E-state index in [1.807, 2.05) is 0 Å². The van der Waals surface area contributed by atoms with Crippen LogP contribution in [0.25, 0.3) is 11.1 Å². The molecule has 8 rings (SSSR count). The number of fused-ring (bicyclic) bond motifs is 3. The average Bonchev–Trinajstić information content (AvgIpc) is 3.41. The molecule has 6 aromatic rings. The zero-order valence-electron chi connectivity index (χ0n) is 24.5. The van der Waals surface area contributed by atoms with Gasteiger partial charge in [0.25, 0.3) is 0 Å². The third-order valence-electron chi connectivity index (χ3n) is 9.44. The summed E-state index contributed by atoms with van der Waals surface area (Å²) >= 11 is 0. The molecule has 0 radical (unpaired) electrons. The lowest BCUT2D eigenvalue weighted by molar-refractivity contribution is 0.457. The number of rotatable bonds is 6. The van der Waals surface area contributed by atoms with Crippen LogP contribution >= 0.6 is 0 Å². The zero-order chi connectivity index (χ0) is 29.3. The van der Waals surface area contributed by atoms with Crippen LogP contribution in [0.1, 0.15) is 28.2 Å². The fraction of sp³-hybridized carbons (Fsp3) is 0.0698. The van der Waals surface area contributed by atoms with Gasteiger partial charge >= 0.3 is 0 Å². The van der Waals surface area contributed by atoms with Crippen LogP contribution < -0.4 is 4.90 Å². The summed E-state index contributed by atoms with van der Waals surface area (Å²) in [6.07, 6.45) is 9.26. The summed E-state index contributed by atoms with van der Waals surface area (Å²) in [5.74, 6) is 0.647. The van der Waals surface area contributed by atoms with E-state index in [4.69, 9.17) is 0 Å². The smallest absolute Gasteiger partial charge is 0.0525 e. The Hall–Kier alpha value is -5.40. The third-order valence-corrected chi connectivity index (χ3v) is 9.44. The molecule has 0 fully saturated rings. The summed E-state index contributed by atoms with van der Waals surface area (Å²) in [5.41, 5.74) is 11.1. The maximum atomic E-state index is 2.43. The van der Waals surface area contributed by atoms with E-state index in [2.05, 4.69) is 193 Å². The maximum Gasteiger partial charge on any atom is 0.0525 e. The highest BCUT2D eigenvalue weighted by Crippen LogP contribution is 2.59. The summed E-state index contributed by atoms with van der Waals surface area (Å²) in [7, 11) is 0. The largest absolute Gasteiger partial charge is 0.311 e. The Morgan fingerprint density at radius 3 is 1.61 bits per heavy atom. The van der Waals surface area contributed by atoms with Gasteiger partial charge in [0.15, 0.2) is 0 Å². The number of benzene rings is 6. The van der Waals surface area contributed by atoms with E-state index in [0.29, 0.717) is 11.8 Å². The van der Waals surface area contributed by atoms with Crippen molar-refractivity contribution >= 4 is 17.1 Å². The summed E-state index contributed by atoms with van der Waals surface area (Å²) in [6, 6.07) is 59.6. The Kier molecular flexibility index (Phi) is 6.57. The Bertz CT molecular complexity index is 1940. The van der Waals surface area contributed by atoms with E-state index in [1.54, 1.807) is 0 Å².